The van der Waals surface area contributed by atoms with E-state index in [1.807, 2.05) is 42.7 Å². The largest absolute Gasteiger partial charge is 0.363 e. The maximum atomic E-state index is 4.16. The zero-order valence-corrected chi connectivity index (χ0v) is 13.0. The van der Waals surface area contributed by atoms with Gasteiger partial charge in [-0.15, -0.1) is 5.10 Å². The lowest BCUT2D eigenvalue weighted by Crippen LogP contribution is -2.00. The van der Waals surface area contributed by atoms with Gasteiger partial charge in [-0.2, -0.15) is 16.4 Å². The van der Waals surface area contributed by atoms with Gasteiger partial charge < -0.3 is 5.32 Å². The lowest BCUT2D eigenvalue weighted by atomic mass is 10.1. The van der Waals surface area contributed by atoms with Gasteiger partial charge >= 0.3 is 0 Å². The first-order valence-corrected chi connectivity index (χ1v) is 8.11. The average molecular weight is 322 g/mol. The molecule has 23 heavy (non-hydrogen) atoms. The third-order valence-electron chi connectivity index (χ3n) is 3.50. The highest BCUT2D eigenvalue weighted by Gasteiger charge is 2.09. The minimum atomic E-state index is 0.634. The minimum absolute atomic E-state index is 0.634. The molecule has 7 heteroatoms. The van der Waals surface area contributed by atoms with Crippen molar-refractivity contribution in [2.45, 2.75) is 6.54 Å². The second kappa shape index (κ2) is 6.05. The zero-order chi connectivity index (χ0) is 15.5. The van der Waals surface area contributed by atoms with Gasteiger partial charge in [-0.3, -0.25) is 5.10 Å². The molecule has 4 aromatic rings. The molecular weight excluding hydrogens is 308 g/mol. The topological polar surface area (TPSA) is 71.4 Å². The summed E-state index contributed by atoms with van der Waals surface area (Å²) in [5.41, 5.74) is 4.26. The Bertz CT molecular complexity index is 878. The molecule has 0 bridgehead atoms. The van der Waals surface area contributed by atoms with Crippen LogP contribution in [0.2, 0.25) is 0 Å². The number of nitrogens with zero attached hydrogens (tertiary/aromatic N) is 4. The van der Waals surface area contributed by atoms with Gasteiger partial charge in [0.25, 0.3) is 0 Å². The summed E-state index contributed by atoms with van der Waals surface area (Å²) in [4.78, 5) is 0. The molecule has 0 atom stereocenters. The molecule has 0 radical (unpaired) electrons. The highest BCUT2D eigenvalue weighted by Crippen LogP contribution is 2.24. The summed E-state index contributed by atoms with van der Waals surface area (Å²) in [5.74, 6) is 0.728. The number of benzene rings is 1. The first-order chi connectivity index (χ1) is 11.4. The number of anilines is 1. The van der Waals surface area contributed by atoms with Crippen LogP contribution < -0.4 is 5.32 Å². The number of hydrogen-bond donors (Lipinski definition) is 2. The summed E-state index contributed by atoms with van der Waals surface area (Å²) in [6, 6.07) is 12.0. The highest BCUT2D eigenvalue weighted by molar-refractivity contribution is 7.08. The van der Waals surface area contributed by atoms with Gasteiger partial charge in [0.1, 0.15) is 0 Å². The van der Waals surface area contributed by atoms with Crippen molar-refractivity contribution in [3.8, 4) is 16.9 Å². The molecule has 2 N–H and O–H groups in total. The number of aromatic nitrogens is 5. The number of thiophene rings is 1. The maximum Gasteiger partial charge on any atom is 0.169 e. The van der Waals surface area contributed by atoms with Gasteiger partial charge in [0.2, 0.25) is 0 Å². The van der Waals surface area contributed by atoms with E-state index in [1.54, 1.807) is 16.0 Å². The lowest BCUT2D eigenvalue weighted by Gasteiger charge is -2.02. The molecule has 0 saturated heterocycles. The normalized spacial score (nSPS) is 10.8. The molecule has 3 heterocycles. The van der Waals surface area contributed by atoms with E-state index in [-0.39, 0.29) is 0 Å². The first kappa shape index (κ1) is 13.7. The van der Waals surface area contributed by atoms with E-state index in [0.29, 0.717) is 6.54 Å². The Hall–Kier alpha value is -2.93. The summed E-state index contributed by atoms with van der Waals surface area (Å²) in [6.07, 6.45) is 3.71. The van der Waals surface area contributed by atoms with Crippen molar-refractivity contribution < 1.29 is 0 Å². The molecule has 0 spiro atoms. The number of rotatable bonds is 5. The van der Waals surface area contributed by atoms with Crippen molar-refractivity contribution in [3.63, 3.8) is 0 Å². The van der Waals surface area contributed by atoms with Crippen molar-refractivity contribution >= 4 is 17.2 Å². The Balaban J connectivity index is 1.49. The van der Waals surface area contributed by atoms with Gasteiger partial charge in [-0.25, -0.2) is 4.68 Å². The van der Waals surface area contributed by atoms with Crippen LogP contribution in [0.1, 0.15) is 5.56 Å². The summed E-state index contributed by atoms with van der Waals surface area (Å²) in [5, 5.41) is 22.9. The van der Waals surface area contributed by atoms with Crippen LogP contribution in [0.5, 0.6) is 0 Å². The summed E-state index contributed by atoms with van der Waals surface area (Å²) >= 11 is 1.67. The number of nitrogens with one attached hydrogen (secondary N) is 2. The van der Waals surface area contributed by atoms with Crippen LogP contribution in [-0.2, 0) is 6.54 Å². The van der Waals surface area contributed by atoms with Crippen LogP contribution in [0.15, 0.2) is 59.6 Å². The molecule has 0 aliphatic heterocycles. The van der Waals surface area contributed by atoms with Crippen LogP contribution in [0.3, 0.4) is 0 Å². The standard InChI is InChI=1S/C16H14N6S/c1-2-4-14(5-3-1)22-10-15(19-21-22)17-8-13-9-18-20-16(13)12-6-7-23-11-12/h1-7,9-11,17H,8H2,(H,18,20). The number of H-pyrrole nitrogens is 1. The molecule has 1 aromatic carbocycles. The van der Waals surface area contributed by atoms with Gasteiger partial charge in [-0.05, 0) is 23.6 Å². The fourth-order valence-electron chi connectivity index (χ4n) is 2.34. The predicted octanol–water partition coefficient (Wildman–Crippen LogP) is 3.33. The van der Waals surface area contributed by atoms with E-state index in [2.05, 4.69) is 42.7 Å². The second-order valence-corrected chi connectivity index (χ2v) is 5.80. The third-order valence-corrected chi connectivity index (χ3v) is 4.19. The molecule has 0 unspecified atom stereocenters. The molecular formula is C16H14N6S. The fraction of sp³-hybridized carbons (Fsp3) is 0.0625. The Labute approximate surface area is 136 Å². The molecule has 0 amide bonds. The Morgan fingerprint density at radius 1 is 1.17 bits per heavy atom. The van der Waals surface area contributed by atoms with Crippen LogP contribution in [0.25, 0.3) is 16.9 Å². The van der Waals surface area contributed by atoms with E-state index >= 15 is 0 Å². The van der Waals surface area contributed by atoms with Crippen molar-refractivity contribution in [1.29, 1.82) is 0 Å². The molecule has 0 aliphatic rings. The number of aromatic amines is 1. The van der Waals surface area contributed by atoms with Crippen LogP contribution >= 0.6 is 11.3 Å². The van der Waals surface area contributed by atoms with E-state index in [0.717, 1.165) is 28.3 Å². The third kappa shape index (κ3) is 2.86. The molecule has 0 aliphatic carbocycles. The van der Waals surface area contributed by atoms with Crippen LogP contribution in [-0.4, -0.2) is 25.2 Å². The Morgan fingerprint density at radius 2 is 2.09 bits per heavy atom. The zero-order valence-electron chi connectivity index (χ0n) is 12.2. The Kier molecular flexibility index (Phi) is 3.61. The van der Waals surface area contributed by atoms with Gasteiger partial charge in [0, 0.05) is 23.1 Å². The molecule has 3 aromatic heterocycles. The second-order valence-electron chi connectivity index (χ2n) is 5.02. The first-order valence-electron chi connectivity index (χ1n) is 7.16. The van der Waals surface area contributed by atoms with E-state index in [9.17, 15) is 0 Å². The molecule has 0 saturated carbocycles. The van der Waals surface area contributed by atoms with Crippen LogP contribution in [0, 0.1) is 0 Å². The average Bonchev–Trinajstić information content (AvgIpc) is 3.33. The van der Waals surface area contributed by atoms with Gasteiger partial charge in [-0.1, -0.05) is 23.4 Å². The molecule has 0 fully saturated rings. The van der Waals surface area contributed by atoms with Crippen molar-refractivity contribution in [2.24, 2.45) is 0 Å². The molecule has 6 nitrogen and oxygen atoms in total. The van der Waals surface area contributed by atoms with Crippen molar-refractivity contribution in [2.75, 3.05) is 5.32 Å². The summed E-state index contributed by atoms with van der Waals surface area (Å²) < 4.78 is 1.75. The quantitative estimate of drug-likeness (QED) is 0.591. The summed E-state index contributed by atoms with van der Waals surface area (Å²) in [7, 11) is 0. The van der Waals surface area contributed by atoms with Crippen LogP contribution in [0.4, 0.5) is 5.82 Å². The number of para-hydroxylation sites is 1. The number of hydrogen-bond acceptors (Lipinski definition) is 5. The van der Waals surface area contributed by atoms with E-state index in [1.165, 1.54) is 0 Å². The Morgan fingerprint density at radius 3 is 2.91 bits per heavy atom. The SMILES string of the molecule is c1ccc(-n2cc(NCc3cn[nH]c3-c3ccsc3)nn2)cc1. The van der Waals surface area contributed by atoms with Gasteiger partial charge in [0.05, 0.1) is 23.8 Å². The minimum Gasteiger partial charge on any atom is -0.363 e. The summed E-state index contributed by atoms with van der Waals surface area (Å²) in [6.45, 7) is 0.634. The predicted molar refractivity (Wildman–Crippen MR) is 90.6 cm³/mol. The van der Waals surface area contributed by atoms with E-state index in [4.69, 9.17) is 0 Å². The van der Waals surface area contributed by atoms with E-state index < -0.39 is 0 Å². The van der Waals surface area contributed by atoms with Crippen molar-refractivity contribution in [3.05, 3.63) is 65.1 Å². The smallest absolute Gasteiger partial charge is 0.169 e. The maximum absolute atomic E-state index is 4.16. The highest BCUT2D eigenvalue weighted by atomic mass is 32.1. The molecule has 114 valence electrons. The molecule has 4 rings (SSSR count). The fourth-order valence-corrected chi connectivity index (χ4v) is 2.99. The lowest BCUT2D eigenvalue weighted by molar-refractivity contribution is 0.803. The van der Waals surface area contributed by atoms with Crippen molar-refractivity contribution in [1.82, 2.24) is 25.2 Å². The monoisotopic (exact) mass is 322 g/mol. The van der Waals surface area contributed by atoms with Gasteiger partial charge in [0.15, 0.2) is 5.82 Å².